The summed E-state index contributed by atoms with van der Waals surface area (Å²) in [6, 6.07) is 13.1. The maximum Gasteiger partial charge on any atom is 0.242 e. The minimum atomic E-state index is -0.892. The Kier molecular flexibility index (Phi) is 3.15. The number of imidazole rings is 1. The number of para-hydroxylation sites is 2. The normalized spacial score (nSPS) is 16.8. The van der Waals surface area contributed by atoms with E-state index in [4.69, 9.17) is 0 Å². The van der Waals surface area contributed by atoms with Crippen molar-refractivity contribution in [1.29, 1.82) is 0 Å². The Hall–Kier alpha value is -3.48. The molecule has 26 heavy (non-hydrogen) atoms. The molecule has 0 bridgehead atoms. The Bertz CT molecular complexity index is 1170. The number of nitrogens with one attached hydrogen (secondary N) is 2. The predicted molar refractivity (Wildman–Crippen MR) is 96.8 cm³/mol. The van der Waals surface area contributed by atoms with Gasteiger partial charge in [-0.3, -0.25) is 14.7 Å². The standard InChI is InChI=1S/C19H15N5O2/c25-16-7-8-24-15-4-2-1-3-14(15)22-18(24)17(16)19(26)21-12-5-6-13-11(9-12)10-20-23-13/h1-6,9-10,17H,7-8H2,(H,20,23)(H,21,26). The first-order valence-corrected chi connectivity index (χ1v) is 8.42. The van der Waals surface area contributed by atoms with Gasteiger partial charge >= 0.3 is 0 Å². The molecule has 1 aliphatic heterocycles. The molecule has 2 aromatic heterocycles. The molecule has 3 heterocycles. The molecule has 1 aliphatic rings. The van der Waals surface area contributed by atoms with E-state index in [-0.39, 0.29) is 11.7 Å². The number of hydrogen-bond acceptors (Lipinski definition) is 4. The van der Waals surface area contributed by atoms with E-state index in [1.807, 2.05) is 41.0 Å². The largest absolute Gasteiger partial charge is 0.326 e. The summed E-state index contributed by atoms with van der Waals surface area (Å²) >= 11 is 0. The van der Waals surface area contributed by atoms with E-state index < -0.39 is 5.92 Å². The smallest absolute Gasteiger partial charge is 0.242 e. The molecule has 4 aromatic rings. The van der Waals surface area contributed by atoms with Crippen molar-refractivity contribution in [2.75, 3.05) is 5.32 Å². The lowest BCUT2D eigenvalue weighted by molar-refractivity contribution is -0.128. The van der Waals surface area contributed by atoms with Gasteiger partial charge in [0.2, 0.25) is 5.91 Å². The number of aromatic nitrogens is 4. The van der Waals surface area contributed by atoms with Crippen LogP contribution in [0.3, 0.4) is 0 Å². The number of rotatable bonds is 2. The third-order valence-corrected chi connectivity index (χ3v) is 4.82. The van der Waals surface area contributed by atoms with Crippen LogP contribution in [0.15, 0.2) is 48.7 Å². The minimum Gasteiger partial charge on any atom is -0.326 e. The Morgan fingerprint density at radius 1 is 1.23 bits per heavy atom. The molecule has 0 aliphatic carbocycles. The second-order valence-electron chi connectivity index (χ2n) is 6.42. The van der Waals surface area contributed by atoms with Crippen LogP contribution in [0, 0.1) is 0 Å². The molecular weight excluding hydrogens is 330 g/mol. The first-order chi connectivity index (χ1) is 12.7. The molecular formula is C19H15N5O2. The average Bonchev–Trinajstić information content (AvgIpc) is 3.24. The highest BCUT2D eigenvalue weighted by molar-refractivity contribution is 6.12. The number of benzene rings is 2. The van der Waals surface area contributed by atoms with Crippen LogP contribution in [-0.2, 0) is 16.1 Å². The number of aryl methyl sites for hydroxylation is 1. The van der Waals surface area contributed by atoms with Gasteiger partial charge in [0.1, 0.15) is 5.82 Å². The number of nitrogens with zero attached hydrogens (tertiary/aromatic N) is 3. The Labute approximate surface area is 148 Å². The molecule has 0 radical (unpaired) electrons. The van der Waals surface area contributed by atoms with Gasteiger partial charge in [-0.1, -0.05) is 12.1 Å². The summed E-state index contributed by atoms with van der Waals surface area (Å²) in [6.45, 7) is 0.555. The number of carbonyl (C=O) groups is 2. The second kappa shape index (κ2) is 5.52. The van der Waals surface area contributed by atoms with Crippen LogP contribution < -0.4 is 5.32 Å². The summed E-state index contributed by atoms with van der Waals surface area (Å²) < 4.78 is 1.97. The van der Waals surface area contributed by atoms with Gasteiger partial charge in [0.25, 0.3) is 0 Å². The molecule has 7 nitrogen and oxygen atoms in total. The van der Waals surface area contributed by atoms with Crippen LogP contribution in [0.1, 0.15) is 18.2 Å². The van der Waals surface area contributed by atoms with Gasteiger partial charge in [-0.05, 0) is 30.3 Å². The Morgan fingerprint density at radius 2 is 2.12 bits per heavy atom. The number of hydrogen-bond donors (Lipinski definition) is 2. The number of anilines is 1. The highest BCUT2D eigenvalue weighted by Gasteiger charge is 2.36. The summed E-state index contributed by atoms with van der Waals surface area (Å²) in [5, 5.41) is 10.6. The van der Waals surface area contributed by atoms with E-state index in [9.17, 15) is 9.59 Å². The molecule has 0 saturated carbocycles. The van der Waals surface area contributed by atoms with Gasteiger partial charge in [0.15, 0.2) is 11.7 Å². The Morgan fingerprint density at radius 3 is 3.04 bits per heavy atom. The number of amides is 1. The molecule has 0 fully saturated rings. The number of fused-ring (bicyclic) bond motifs is 4. The van der Waals surface area contributed by atoms with Crippen LogP contribution in [0.25, 0.3) is 21.9 Å². The molecule has 1 atom stereocenters. The molecule has 0 saturated heterocycles. The number of H-pyrrole nitrogens is 1. The zero-order chi connectivity index (χ0) is 17.7. The minimum absolute atomic E-state index is 0.102. The maximum atomic E-state index is 12.9. The van der Waals surface area contributed by atoms with E-state index in [1.165, 1.54) is 0 Å². The number of ketones is 1. The van der Waals surface area contributed by atoms with Crippen molar-refractivity contribution in [3.63, 3.8) is 0 Å². The van der Waals surface area contributed by atoms with Crippen molar-refractivity contribution >= 4 is 39.3 Å². The fourth-order valence-corrected chi connectivity index (χ4v) is 3.56. The van der Waals surface area contributed by atoms with Gasteiger partial charge in [-0.25, -0.2) is 4.98 Å². The lowest BCUT2D eigenvalue weighted by Crippen LogP contribution is -2.34. The number of aromatic amines is 1. The van der Waals surface area contributed by atoms with Gasteiger partial charge in [-0.15, -0.1) is 0 Å². The van der Waals surface area contributed by atoms with Crippen LogP contribution in [0.5, 0.6) is 0 Å². The number of Topliss-reactive ketones (excluding diaryl/α,β-unsaturated/α-hetero) is 1. The van der Waals surface area contributed by atoms with Crippen molar-refractivity contribution in [1.82, 2.24) is 19.7 Å². The van der Waals surface area contributed by atoms with E-state index >= 15 is 0 Å². The zero-order valence-electron chi connectivity index (χ0n) is 13.8. The van der Waals surface area contributed by atoms with Crippen molar-refractivity contribution < 1.29 is 9.59 Å². The van der Waals surface area contributed by atoms with E-state index in [1.54, 1.807) is 12.3 Å². The summed E-state index contributed by atoms with van der Waals surface area (Å²) in [7, 11) is 0. The molecule has 2 aromatic carbocycles. The highest BCUT2D eigenvalue weighted by atomic mass is 16.2. The van der Waals surface area contributed by atoms with Gasteiger partial charge in [0, 0.05) is 24.0 Å². The molecule has 1 amide bonds. The summed E-state index contributed by atoms with van der Waals surface area (Å²) in [5.74, 6) is -0.829. The maximum absolute atomic E-state index is 12.9. The predicted octanol–water partition coefficient (Wildman–Crippen LogP) is 2.61. The van der Waals surface area contributed by atoms with Crippen molar-refractivity contribution in [2.45, 2.75) is 18.9 Å². The van der Waals surface area contributed by atoms with Gasteiger partial charge in [-0.2, -0.15) is 5.10 Å². The lowest BCUT2D eigenvalue weighted by atomic mass is 9.96. The molecule has 128 valence electrons. The van der Waals surface area contributed by atoms with Crippen LogP contribution in [0.2, 0.25) is 0 Å². The third kappa shape index (κ3) is 2.21. The number of carbonyl (C=O) groups excluding carboxylic acids is 2. The van der Waals surface area contributed by atoms with E-state index in [0.717, 1.165) is 21.9 Å². The molecule has 2 N–H and O–H groups in total. The average molecular weight is 345 g/mol. The summed E-state index contributed by atoms with van der Waals surface area (Å²) in [6.07, 6.45) is 2.02. The fourth-order valence-electron chi connectivity index (χ4n) is 3.56. The lowest BCUT2D eigenvalue weighted by Gasteiger charge is -2.22. The third-order valence-electron chi connectivity index (χ3n) is 4.82. The van der Waals surface area contributed by atoms with E-state index in [2.05, 4.69) is 20.5 Å². The summed E-state index contributed by atoms with van der Waals surface area (Å²) in [5.41, 5.74) is 3.27. The monoisotopic (exact) mass is 345 g/mol. The molecule has 0 spiro atoms. The summed E-state index contributed by atoms with van der Waals surface area (Å²) in [4.78, 5) is 29.9. The van der Waals surface area contributed by atoms with Crippen LogP contribution >= 0.6 is 0 Å². The first-order valence-electron chi connectivity index (χ1n) is 8.42. The van der Waals surface area contributed by atoms with Crippen molar-refractivity contribution in [3.8, 4) is 0 Å². The molecule has 5 rings (SSSR count). The molecule has 7 heteroatoms. The quantitative estimate of drug-likeness (QED) is 0.546. The Balaban J connectivity index is 1.52. The SMILES string of the molecule is O=C1CCn2c(nc3ccccc32)C1C(=O)Nc1ccc2[nH]ncc2c1. The first kappa shape index (κ1) is 14.8. The van der Waals surface area contributed by atoms with Crippen molar-refractivity contribution in [2.24, 2.45) is 0 Å². The van der Waals surface area contributed by atoms with Crippen LogP contribution in [0.4, 0.5) is 5.69 Å². The molecule has 1 unspecified atom stereocenters. The highest BCUT2D eigenvalue weighted by Crippen LogP contribution is 2.29. The van der Waals surface area contributed by atoms with Gasteiger partial charge < -0.3 is 9.88 Å². The topological polar surface area (TPSA) is 92.7 Å². The van der Waals surface area contributed by atoms with E-state index in [0.29, 0.717) is 24.5 Å². The fraction of sp³-hybridized carbons (Fsp3) is 0.158. The van der Waals surface area contributed by atoms with Crippen LogP contribution in [-0.4, -0.2) is 31.4 Å². The zero-order valence-corrected chi connectivity index (χ0v) is 13.8. The second-order valence-corrected chi connectivity index (χ2v) is 6.42. The van der Waals surface area contributed by atoms with Crippen molar-refractivity contribution in [3.05, 3.63) is 54.5 Å². The van der Waals surface area contributed by atoms with Gasteiger partial charge in [0.05, 0.1) is 22.7 Å².